The van der Waals surface area contributed by atoms with Gasteiger partial charge < -0.3 is 9.88 Å². The lowest BCUT2D eigenvalue weighted by molar-refractivity contribution is 0.637. The van der Waals surface area contributed by atoms with Gasteiger partial charge in [-0.2, -0.15) is 5.10 Å². The van der Waals surface area contributed by atoms with Gasteiger partial charge in [0.25, 0.3) is 5.56 Å². The summed E-state index contributed by atoms with van der Waals surface area (Å²) >= 11 is 6.30. The number of hydrogen-bond acceptors (Lipinski definition) is 4. The first-order valence-electron chi connectivity index (χ1n) is 9.59. The molecule has 0 aliphatic rings. The third kappa shape index (κ3) is 4.17. The quantitative estimate of drug-likeness (QED) is 0.468. The maximum atomic E-state index is 12.5. The van der Waals surface area contributed by atoms with Crippen LogP contribution < -0.4 is 10.9 Å². The average molecular weight is 408 g/mol. The van der Waals surface area contributed by atoms with Crippen molar-refractivity contribution in [1.29, 1.82) is 0 Å². The molecule has 2 aromatic carbocycles. The number of nitrogens with one attached hydrogen (secondary N) is 1. The Morgan fingerprint density at radius 2 is 1.83 bits per heavy atom. The van der Waals surface area contributed by atoms with Crippen LogP contribution in [0.25, 0.3) is 11.0 Å². The van der Waals surface area contributed by atoms with E-state index in [1.807, 2.05) is 55.5 Å². The molecule has 6 nitrogen and oxygen atoms in total. The number of halogens is 1. The SMILES string of the molecule is Cc1nc2ccccc2n1CCCNc1cnn(Cc2ccccc2)c(=O)c1Cl. The van der Waals surface area contributed by atoms with Crippen LogP contribution in [-0.2, 0) is 13.1 Å². The second-order valence-corrected chi connectivity index (χ2v) is 7.28. The third-order valence-electron chi connectivity index (χ3n) is 4.88. The van der Waals surface area contributed by atoms with Gasteiger partial charge in [-0.3, -0.25) is 4.79 Å². The number of aryl methyl sites for hydroxylation is 2. The molecule has 29 heavy (non-hydrogen) atoms. The fourth-order valence-electron chi connectivity index (χ4n) is 3.40. The number of imidazole rings is 1. The molecule has 0 bridgehead atoms. The Kier molecular flexibility index (Phi) is 5.62. The number of benzene rings is 2. The number of anilines is 1. The van der Waals surface area contributed by atoms with Crippen LogP contribution in [0.2, 0.25) is 5.02 Å². The van der Waals surface area contributed by atoms with E-state index in [0.29, 0.717) is 18.8 Å². The number of nitrogens with zero attached hydrogens (tertiary/aromatic N) is 4. The van der Waals surface area contributed by atoms with E-state index in [4.69, 9.17) is 11.6 Å². The minimum atomic E-state index is -0.294. The second-order valence-electron chi connectivity index (χ2n) is 6.90. The Labute approximate surface area is 173 Å². The standard InChI is InChI=1S/C22H22ClN5O/c1-16-26-18-10-5-6-11-20(18)27(16)13-7-12-24-19-14-25-28(22(29)21(19)23)15-17-8-3-2-4-9-17/h2-6,8-11,14,24H,7,12-13,15H2,1H3. The van der Waals surface area contributed by atoms with Crippen LogP contribution >= 0.6 is 11.6 Å². The summed E-state index contributed by atoms with van der Waals surface area (Å²) in [6.45, 7) is 3.91. The summed E-state index contributed by atoms with van der Waals surface area (Å²) in [5, 5.41) is 7.66. The lowest BCUT2D eigenvalue weighted by Gasteiger charge is -2.11. The first kappa shape index (κ1) is 19.2. The highest BCUT2D eigenvalue weighted by Crippen LogP contribution is 2.17. The molecule has 0 fully saturated rings. The molecule has 4 rings (SSSR count). The van der Waals surface area contributed by atoms with Crippen LogP contribution in [0.15, 0.2) is 65.6 Å². The Morgan fingerprint density at radius 1 is 1.07 bits per heavy atom. The molecule has 1 N–H and O–H groups in total. The van der Waals surface area contributed by atoms with Gasteiger partial charge in [0.05, 0.1) is 29.5 Å². The summed E-state index contributed by atoms with van der Waals surface area (Å²) in [5.74, 6) is 0.995. The van der Waals surface area contributed by atoms with E-state index in [0.717, 1.165) is 35.4 Å². The molecule has 0 aliphatic carbocycles. The highest BCUT2D eigenvalue weighted by Gasteiger charge is 2.10. The van der Waals surface area contributed by atoms with Crippen molar-refractivity contribution in [2.24, 2.45) is 0 Å². The highest BCUT2D eigenvalue weighted by molar-refractivity contribution is 6.32. The van der Waals surface area contributed by atoms with Crippen molar-refractivity contribution in [3.63, 3.8) is 0 Å². The molecule has 0 atom stereocenters. The average Bonchev–Trinajstić information content (AvgIpc) is 3.06. The zero-order valence-electron chi connectivity index (χ0n) is 16.2. The second kappa shape index (κ2) is 8.49. The van der Waals surface area contributed by atoms with Gasteiger partial charge >= 0.3 is 0 Å². The minimum Gasteiger partial charge on any atom is -0.382 e. The monoisotopic (exact) mass is 407 g/mol. The lowest BCUT2D eigenvalue weighted by Crippen LogP contribution is -2.25. The fourth-order valence-corrected chi connectivity index (χ4v) is 3.61. The molecule has 0 saturated carbocycles. The molecular formula is C22H22ClN5O. The highest BCUT2D eigenvalue weighted by atomic mass is 35.5. The summed E-state index contributed by atoms with van der Waals surface area (Å²) < 4.78 is 3.58. The van der Waals surface area contributed by atoms with Gasteiger partial charge in [-0.25, -0.2) is 9.67 Å². The van der Waals surface area contributed by atoms with E-state index in [9.17, 15) is 4.79 Å². The van der Waals surface area contributed by atoms with Gasteiger partial charge in [0, 0.05) is 13.1 Å². The largest absolute Gasteiger partial charge is 0.382 e. The summed E-state index contributed by atoms with van der Waals surface area (Å²) in [6.07, 6.45) is 2.48. The van der Waals surface area contributed by atoms with E-state index in [-0.39, 0.29) is 10.6 Å². The lowest BCUT2D eigenvalue weighted by atomic mass is 10.2. The Morgan fingerprint density at radius 3 is 2.66 bits per heavy atom. The van der Waals surface area contributed by atoms with Gasteiger partial charge in [-0.15, -0.1) is 0 Å². The van der Waals surface area contributed by atoms with Crippen molar-refractivity contribution in [1.82, 2.24) is 19.3 Å². The number of para-hydroxylation sites is 2. The van der Waals surface area contributed by atoms with Crippen molar-refractivity contribution < 1.29 is 0 Å². The Bertz CT molecular complexity index is 1180. The van der Waals surface area contributed by atoms with Crippen LogP contribution in [-0.4, -0.2) is 25.9 Å². The van der Waals surface area contributed by atoms with E-state index < -0.39 is 0 Å². The smallest absolute Gasteiger partial charge is 0.287 e. The van der Waals surface area contributed by atoms with Crippen molar-refractivity contribution in [2.75, 3.05) is 11.9 Å². The molecule has 0 saturated heterocycles. The number of fused-ring (bicyclic) bond motifs is 1. The molecule has 0 unspecified atom stereocenters. The predicted octanol–water partition coefficient (Wildman–Crippen LogP) is 4.11. The van der Waals surface area contributed by atoms with Crippen molar-refractivity contribution in [2.45, 2.75) is 26.4 Å². The van der Waals surface area contributed by atoms with Crippen molar-refractivity contribution >= 4 is 28.3 Å². The summed E-state index contributed by atoms with van der Waals surface area (Å²) in [5.41, 5.74) is 3.41. The molecule has 148 valence electrons. The zero-order valence-corrected chi connectivity index (χ0v) is 16.9. The normalized spacial score (nSPS) is 11.1. The van der Waals surface area contributed by atoms with Crippen LogP contribution in [0.5, 0.6) is 0 Å². The number of hydrogen-bond donors (Lipinski definition) is 1. The molecule has 0 amide bonds. The van der Waals surface area contributed by atoms with Crippen molar-refractivity contribution in [3.8, 4) is 0 Å². The van der Waals surface area contributed by atoms with Crippen LogP contribution in [0.3, 0.4) is 0 Å². The zero-order chi connectivity index (χ0) is 20.2. The molecular weight excluding hydrogens is 386 g/mol. The minimum absolute atomic E-state index is 0.167. The number of rotatable bonds is 7. The fraction of sp³-hybridized carbons (Fsp3) is 0.227. The molecule has 2 heterocycles. The van der Waals surface area contributed by atoms with Gasteiger partial charge in [-0.05, 0) is 31.0 Å². The van der Waals surface area contributed by atoms with Crippen LogP contribution in [0, 0.1) is 6.92 Å². The maximum absolute atomic E-state index is 12.5. The predicted molar refractivity (Wildman–Crippen MR) is 117 cm³/mol. The molecule has 0 spiro atoms. The Balaban J connectivity index is 1.39. The topological polar surface area (TPSA) is 64.7 Å². The third-order valence-corrected chi connectivity index (χ3v) is 5.24. The van der Waals surface area contributed by atoms with E-state index in [2.05, 4.69) is 26.0 Å². The van der Waals surface area contributed by atoms with Gasteiger partial charge in [0.2, 0.25) is 0 Å². The maximum Gasteiger partial charge on any atom is 0.287 e. The van der Waals surface area contributed by atoms with Gasteiger partial charge in [0.1, 0.15) is 10.8 Å². The van der Waals surface area contributed by atoms with Gasteiger partial charge in [-0.1, -0.05) is 54.1 Å². The molecule has 4 aromatic rings. The first-order valence-corrected chi connectivity index (χ1v) is 9.96. The van der Waals surface area contributed by atoms with E-state index in [1.165, 1.54) is 4.68 Å². The van der Waals surface area contributed by atoms with Crippen LogP contribution in [0.4, 0.5) is 5.69 Å². The van der Waals surface area contributed by atoms with E-state index in [1.54, 1.807) is 6.20 Å². The van der Waals surface area contributed by atoms with Crippen molar-refractivity contribution in [3.05, 3.63) is 87.6 Å². The number of aromatic nitrogens is 4. The first-order chi connectivity index (χ1) is 14.1. The molecule has 2 aromatic heterocycles. The summed E-state index contributed by atoms with van der Waals surface area (Å²) in [4.78, 5) is 17.1. The van der Waals surface area contributed by atoms with Crippen LogP contribution in [0.1, 0.15) is 17.8 Å². The van der Waals surface area contributed by atoms with Gasteiger partial charge in [0.15, 0.2) is 0 Å². The van der Waals surface area contributed by atoms with E-state index >= 15 is 0 Å². The molecule has 7 heteroatoms. The summed E-state index contributed by atoms with van der Waals surface area (Å²) in [6, 6.07) is 17.8. The molecule has 0 radical (unpaired) electrons. The Hall–Kier alpha value is -3.12. The molecule has 0 aliphatic heterocycles. The summed E-state index contributed by atoms with van der Waals surface area (Å²) in [7, 11) is 0.